The molecule has 1 atom stereocenters. The molecule has 1 aliphatic rings. The van der Waals surface area contributed by atoms with Gasteiger partial charge in [0, 0.05) is 40.3 Å². The summed E-state index contributed by atoms with van der Waals surface area (Å²) in [5.41, 5.74) is 0. The van der Waals surface area contributed by atoms with Crippen molar-refractivity contribution >= 4 is 11.8 Å². The quantitative estimate of drug-likeness (QED) is 0.733. The van der Waals surface area contributed by atoms with E-state index in [1.54, 1.807) is 30.0 Å². The normalized spacial score (nSPS) is 17.6. The van der Waals surface area contributed by atoms with Crippen molar-refractivity contribution in [3.63, 3.8) is 0 Å². The van der Waals surface area contributed by atoms with E-state index >= 15 is 0 Å². The molecule has 1 aromatic rings. The van der Waals surface area contributed by atoms with Gasteiger partial charge in [0.2, 0.25) is 11.8 Å². The lowest BCUT2D eigenvalue weighted by molar-refractivity contribution is -0.135. The Hall–Kier alpha value is -1.96. The number of carbonyl (C=O) groups excluding carboxylic acids is 2. The van der Waals surface area contributed by atoms with Gasteiger partial charge in [-0.2, -0.15) is 5.10 Å². The molecule has 2 heterocycles. The number of nitrogens with zero attached hydrogens (tertiary/aromatic N) is 6. The van der Waals surface area contributed by atoms with E-state index < -0.39 is 0 Å². The van der Waals surface area contributed by atoms with Gasteiger partial charge in [-0.15, -0.1) is 0 Å². The fourth-order valence-corrected chi connectivity index (χ4v) is 2.68. The van der Waals surface area contributed by atoms with Gasteiger partial charge in [0.05, 0.1) is 19.0 Å². The Morgan fingerprint density at radius 3 is 2.65 bits per heavy atom. The first-order chi connectivity index (χ1) is 11.0. The summed E-state index contributed by atoms with van der Waals surface area (Å²) in [6.07, 6.45) is 3.99. The molecule has 128 valence electrons. The highest BCUT2D eigenvalue weighted by molar-refractivity contribution is 5.79. The number of amides is 2. The van der Waals surface area contributed by atoms with Crippen LogP contribution >= 0.6 is 0 Å². The van der Waals surface area contributed by atoms with Gasteiger partial charge in [0.25, 0.3) is 0 Å². The Bertz CT molecular complexity index is 516. The first kappa shape index (κ1) is 17.4. The van der Waals surface area contributed by atoms with Crippen LogP contribution in [0.15, 0.2) is 12.7 Å². The van der Waals surface area contributed by atoms with Crippen molar-refractivity contribution in [3.05, 3.63) is 12.7 Å². The van der Waals surface area contributed by atoms with E-state index in [0.717, 1.165) is 26.1 Å². The average Bonchev–Trinajstić information content (AvgIpc) is 2.91. The van der Waals surface area contributed by atoms with Crippen LogP contribution in [0.5, 0.6) is 0 Å². The fourth-order valence-electron chi connectivity index (χ4n) is 2.68. The predicted molar refractivity (Wildman–Crippen MR) is 85.5 cm³/mol. The van der Waals surface area contributed by atoms with E-state index in [2.05, 4.69) is 15.0 Å². The molecule has 0 bridgehead atoms. The third kappa shape index (κ3) is 5.02. The Balaban J connectivity index is 1.84. The van der Waals surface area contributed by atoms with Crippen LogP contribution in [0.25, 0.3) is 0 Å². The molecule has 23 heavy (non-hydrogen) atoms. The zero-order valence-electron chi connectivity index (χ0n) is 14.2. The third-order valence-electron chi connectivity index (χ3n) is 4.11. The summed E-state index contributed by atoms with van der Waals surface area (Å²) >= 11 is 0. The number of rotatable bonds is 5. The summed E-state index contributed by atoms with van der Waals surface area (Å²) in [7, 11) is 3.53. The first-order valence-electron chi connectivity index (χ1n) is 8.01. The van der Waals surface area contributed by atoms with Gasteiger partial charge in [-0.25, -0.2) is 4.98 Å². The molecular formula is C15H26N6O2. The molecule has 0 N–H and O–H groups in total. The lowest BCUT2D eigenvalue weighted by atomic mass is 10.1. The molecule has 0 saturated carbocycles. The Morgan fingerprint density at radius 2 is 2.00 bits per heavy atom. The highest BCUT2D eigenvalue weighted by Gasteiger charge is 2.24. The molecule has 1 saturated heterocycles. The molecule has 1 aromatic heterocycles. The lowest BCUT2D eigenvalue weighted by Crippen LogP contribution is -2.41. The Kier molecular flexibility index (Phi) is 6.09. The summed E-state index contributed by atoms with van der Waals surface area (Å²) < 4.78 is 1.68. The molecular weight excluding hydrogens is 296 g/mol. The standard InChI is InChI=1S/C15H26N6O2/c1-13(9-21-12-16-11-17-21)15(23)20-6-4-5-19(7-8-20)10-14(22)18(2)3/h11-13H,4-10H2,1-3H3/t13-/m1/s1. The average molecular weight is 322 g/mol. The molecule has 1 aliphatic heterocycles. The largest absolute Gasteiger partial charge is 0.348 e. The van der Waals surface area contributed by atoms with Crippen molar-refractivity contribution in [1.29, 1.82) is 0 Å². The van der Waals surface area contributed by atoms with Crippen molar-refractivity contribution in [2.24, 2.45) is 5.92 Å². The second-order valence-electron chi connectivity index (χ2n) is 6.26. The summed E-state index contributed by atoms with van der Waals surface area (Å²) in [6, 6.07) is 0. The number of hydrogen-bond donors (Lipinski definition) is 0. The minimum Gasteiger partial charge on any atom is -0.348 e. The smallest absolute Gasteiger partial charge is 0.236 e. The van der Waals surface area contributed by atoms with E-state index in [0.29, 0.717) is 19.6 Å². The van der Waals surface area contributed by atoms with Crippen LogP contribution in [-0.2, 0) is 16.1 Å². The molecule has 2 rings (SSSR count). The maximum atomic E-state index is 12.6. The Labute approximate surface area is 137 Å². The topological polar surface area (TPSA) is 74.6 Å². The molecule has 0 aromatic carbocycles. The summed E-state index contributed by atoms with van der Waals surface area (Å²) in [5, 5.41) is 4.05. The van der Waals surface area contributed by atoms with Crippen molar-refractivity contribution in [3.8, 4) is 0 Å². The zero-order chi connectivity index (χ0) is 16.8. The first-order valence-corrected chi connectivity index (χ1v) is 8.01. The minimum atomic E-state index is -0.133. The van der Waals surface area contributed by atoms with E-state index in [1.807, 2.05) is 11.8 Å². The molecule has 8 heteroatoms. The van der Waals surface area contributed by atoms with Gasteiger partial charge >= 0.3 is 0 Å². The van der Waals surface area contributed by atoms with Crippen molar-refractivity contribution < 1.29 is 9.59 Å². The van der Waals surface area contributed by atoms with Gasteiger partial charge in [-0.05, 0) is 6.42 Å². The number of carbonyl (C=O) groups is 2. The van der Waals surface area contributed by atoms with Crippen molar-refractivity contribution in [2.75, 3.05) is 46.8 Å². The van der Waals surface area contributed by atoms with Gasteiger partial charge in [-0.3, -0.25) is 19.2 Å². The molecule has 1 fully saturated rings. The van der Waals surface area contributed by atoms with Crippen LogP contribution in [0.1, 0.15) is 13.3 Å². The van der Waals surface area contributed by atoms with Crippen LogP contribution in [-0.4, -0.2) is 88.1 Å². The highest BCUT2D eigenvalue weighted by Crippen LogP contribution is 2.10. The summed E-state index contributed by atoms with van der Waals surface area (Å²) in [5.74, 6) is 0.109. The van der Waals surface area contributed by atoms with E-state index in [1.165, 1.54) is 6.33 Å². The molecule has 0 spiro atoms. The second kappa shape index (κ2) is 8.05. The monoisotopic (exact) mass is 322 g/mol. The van der Waals surface area contributed by atoms with Crippen LogP contribution in [0, 0.1) is 5.92 Å². The van der Waals surface area contributed by atoms with Gasteiger partial charge in [-0.1, -0.05) is 6.92 Å². The number of likely N-dealkylation sites (N-methyl/N-ethyl adjacent to an activating group) is 1. The maximum Gasteiger partial charge on any atom is 0.236 e. The lowest BCUT2D eigenvalue weighted by Gasteiger charge is -2.25. The number of aromatic nitrogens is 3. The highest BCUT2D eigenvalue weighted by atomic mass is 16.2. The molecule has 8 nitrogen and oxygen atoms in total. The molecule has 0 radical (unpaired) electrons. The number of hydrogen-bond acceptors (Lipinski definition) is 5. The van der Waals surface area contributed by atoms with E-state index in [4.69, 9.17) is 0 Å². The Morgan fingerprint density at radius 1 is 1.22 bits per heavy atom. The van der Waals surface area contributed by atoms with E-state index in [9.17, 15) is 9.59 Å². The predicted octanol–water partition coefficient (Wildman–Crippen LogP) is -0.463. The molecule has 0 aliphatic carbocycles. The second-order valence-corrected chi connectivity index (χ2v) is 6.26. The van der Waals surface area contributed by atoms with Crippen LogP contribution in [0.4, 0.5) is 0 Å². The fraction of sp³-hybridized carbons (Fsp3) is 0.733. The SMILES string of the molecule is C[C@H](Cn1cncn1)C(=O)N1CCCN(CC(=O)N(C)C)CC1. The molecule has 0 unspecified atom stereocenters. The van der Waals surface area contributed by atoms with Crippen LogP contribution in [0.2, 0.25) is 0 Å². The van der Waals surface area contributed by atoms with Crippen molar-refractivity contribution in [1.82, 2.24) is 29.5 Å². The van der Waals surface area contributed by atoms with Crippen LogP contribution < -0.4 is 0 Å². The van der Waals surface area contributed by atoms with Gasteiger partial charge < -0.3 is 9.80 Å². The van der Waals surface area contributed by atoms with Crippen LogP contribution in [0.3, 0.4) is 0 Å². The third-order valence-corrected chi connectivity index (χ3v) is 4.11. The summed E-state index contributed by atoms with van der Waals surface area (Å²) in [6.45, 7) is 5.88. The molecule has 2 amide bonds. The zero-order valence-corrected chi connectivity index (χ0v) is 14.2. The van der Waals surface area contributed by atoms with Gasteiger partial charge in [0.1, 0.15) is 12.7 Å². The maximum absolute atomic E-state index is 12.6. The van der Waals surface area contributed by atoms with E-state index in [-0.39, 0.29) is 17.7 Å². The van der Waals surface area contributed by atoms with Gasteiger partial charge in [0.15, 0.2) is 0 Å². The summed E-state index contributed by atoms with van der Waals surface area (Å²) in [4.78, 5) is 33.9. The van der Waals surface area contributed by atoms with Crippen molar-refractivity contribution in [2.45, 2.75) is 19.9 Å². The minimum absolute atomic E-state index is 0.101.